The molecule has 0 heterocycles. The van der Waals surface area contributed by atoms with E-state index in [0.29, 0.717) is 5.56 Å². The van der Waals surface area contributed by atoms with Gasteiger partial charge in [-0.05, 0) is 34.2 Å². The molecule has 0 unspecified atom stereocenters. The molecule has 0 spiro atoms. The molecule has 0 aliphatic heterocycles. The Morgan fingerprint density at radius 1 is 1.00 bits per heavy atom. The summed E-state index contributed by atoms with van der Waals surface area (Å²) in [6.45, 7) is 0. The van der Waals surface area contributed by atoms with Crippen LogP contribution in [0.5, 0.6) is 0 Å². The van der Waals surface area contributed by atoms with E-state index >= 15 is 0 Å². The van der Waals surface area contributed by atoms with Crippen molar-refractivity contribution < 1.29 is 13.2 Å². The minimum Gasteiger partial charge on any atom is -0.324 e. The highest BCUT2D eigenvalue weighted by Gasteiger charge is 2.31. The first kappa shape index (κ1) is 15.9. The van der Waals surface area contributed by atoms with Gasteiger partial charge in [-0.3, -0.25) is 0 Å². The van der Waals surface area contributed by atoms with Crippen molar-refractivity contribution in [3.8, 4) is 11.1 Å². The fourth-order valence-electron chi connectivity index (χ4n) is 2.76. The maximum absolute atomic E-state index is 12.4. The van der Waals surface area contributed by atoms with Crippen LogP contribution in [0.15, 0.2) is 42.5 Å². The lowest BCUT2D eigenvalue weighted by Gasteiger charge is -2.15. The van der Waals surface area contributed by atoms with Crippen LogP contribution in [0, 0.1) is 0 Å². The molecule has 2 aromatic carbocycles. The first-order valence-electron chi connectivity index (χ1n) is 6.47. The van der Waals surface area contributed by atoms with Crippen molar-refractivity contribution in [3.05, 3.63) is 59.2 Å². The summed E-state index contributed by atoms with van der Waals surface area (Å²) in [5.41, 5.74) is 10.7. The fourth-order valence-corrected chi connectivity index (χ4v) is 2.76. The van der Waals surface area contributed by atoms with E-state index < -0.39 is 18.6 Å². The Hall–Kier alpha value is -1.52. The molecular weight excluding hydrogens is 299 g/mol. The number of hydrogen-bond acceptors (Lipinski definition) is 1. The lowest BCUT2D eigenvalue weighted by atomic mass is 9.98. The van der Waals surface area contributed by atoms with Gasteiger partial charge in [-0.15, -0.1) is 12.4 Å². The zero-order valence-electron chi connectivity index (χ0n) is 11.2. The van der Waals surface area contributed by atoms with E-state index in [0.717, 1.165) is 17.5 Å². The van der Waals surface area contributed by atoms with Crippen LogP contribution in [0.1, 0.15) is 29.2 Å². The van der Waals surface area contributed by atoms with Crippen molar-refractivity contribution in [1.82, 2.24) is 0 Å². The molecular formula is C16H15ClF3N. The number of fused-ring (bicyclic) bond motifs is 3. The molecule has 0 fully saturated rings. The van der Waals surface area contributed by atoms with E-state index in [1.54, 1.807) is 6.07 Å². The zero-order chi connectivity index (χ0) is 14.3. The van der Waals surface area contributed by atoms with Crippen molar-refractivity contribution in [2.75, 3.05) is 0 Å². The van der Waals surface area contributed by atoms with Gasteiger partial charge in [0.2, 0.25) is 0 Å². The van der Waals surface area contributed by atoms with Gasteiger partial charge in [0.1, 0.15) is 0 Å². The molecule has 112 valence electrons. The summed E-state index contributed by atoms with van der Waals surface area (Å²) in [6, 6.07) is 12.4. The minimum atomic E-state index is -4.23. The van der Waals surface area contributed by atoms with Crippen molar-refractivity contribution in [2.45, 2.75) is 25.1 Å². The van der Waals surface area contributed by atoms with Crippen LogP contribution in [0.25, 0.3) is 11.1 Å². The van der Waals surface area contributed by atoms with Gasteiger partial charge in [0.25, 0.3) is 0 Å². The second-order valence-corrected chi connectivity index (χ2v) is 5.18. The van der Waals surface area contributed by atoms with Crippen LogP contribution in [0.2, 0.25) is 0 Å². The minimum absolute atomic E-state index is 0. The van der Waals surface area contributed by atoms with E-state index in [-0.39, 0.29) is 12.4 Å². The van der Waals surface area contributed by atoms with E-state index in [1.807, 2.05) is 36.4 Å². The molecule has 2 aromatic rings. The van der Waals surface area contributed by atoms with Gasteiger partial charge in [-0.2, -0.15) is 13.2 Å². The molecule has 1 nitrogen and oxygen atoms in total. The lowest BCUT2D eigenvalue weighted by Crippen LogP contribution is -2.20. The number of halogens is 4. The standard InChI is InChI=1S/C16H14F3N.ClH/c17-16(18,19)9-15(20)11-5-6-14-12(8-11)7-10-3-1-2-4-13(10)14;/h1-6,8,15H,7,9,20H2;1H/t15-;/m0./s1. The van der Waals surface area contributed by atoms with E-state index in [1.165, 1.54) is 11.1 Å². The SMILES string of the molecule is Cl.N[C@@H](CC(F)(F)F)c1ccc2c(c1)Cc1ccccc1-2. The first-order chi connectivity index (χ1) is 9.44. The molecule has 2 N–H and O–H groups in total. The van der Waals surface area contributed by atoms with Crippen LogP contribution in [0.3, 0.4) is 0 Å². The van der Waals surface area contributed by atoms with E-state index in [2.05, 4.69) is 0 Å². The number of alkyl halides is 3. The monoisotopic (exact) mass is 313 g/mol. The number of rotatable bonds is 2. The van der Waals surface area contributed by atoms with Crippen molar-refractivity contribution >= 4 is 12.4 Å². The summed E-state index contributed by atoms with van der Waals surface area (Å²) in [6.07, 6.45) is -4.46. The quantitative estimate of drug-likeness (QED) is 0.733. The van der Waals surface area contributed by atoms with Gasteiger partial charge < -0.3 is 5.73 Å². The average Bonchev–Trinajstić information content (AvgIpc) is 2.74. The Balaban J connectivity index is 0.00000161. The maximum atomic E-state index is 12.4. The van der Waals surface area contributed by atoms with Crippen LogP contribution in [-0.2, 0) is 6.42 Å². The molecule has 0 radical (unpaired) electrons. The van der Waals surface area contributed by atoms with E-state index in [4.69, 9.17) is 5.73 Å². The largest absolute Gasteiger partial charge is 0.390 e. The molecule has 1 aliphatic carbocycles. The maximum Gasteiger partial charge on any atom is 0.390 e. The molecule has 0 saturated carbocycles. The molecule has 0 bridgehead atoms. The Bertz CT molecular complexity index is 652. The highest BCUT2D eigenvalue weighted by atomic mass is 35.5. The highest BCUT2D eigenvalue weighted by Crippen LogP contribution is 2.38. The molecule has 0 aromatic heterocycles. The molecule has 1 aliphatic rings. The Morgan fingerprint density at radius 2 is 1.67 bits per heavy atom. The highest BCUT2D eigenvalue weighted by molar-refractivity contribution is 5.85. The Morgan fingerprint density at radius 3 is 2.38 bits per heavy atom. The summed E-state index contributed by atoms with van der Waals surface area (Å²) in [4.78, 5) is 0. The van der Waals surface area contributed by atoms with Gasteiger partial charge in [0.15, 0.2) is 0 Å². The number of nitrogens with two attached hydrogens (primary N) is 1. The molecule has 21 heavy (non-hydrogen) atoms. The fraction of sp³-hybridized carbons (Fsp3) is 0.250. The van der Waals surface area contributed by atoms with Crippen LogP contribution in [0.4, 0.5) is 13.2 Å². The predicted octanol–water partition coefficient (Wildman–Crippen LogP) is 4.63. The van der Waals surface area contributed by atoms with Gasteiger partial charge in [-0.1, -0.05) is 42.5 Å². The molecule has 0 saturated heterocycles. The van der Waals surface area contributed by atoms with Gasteiger partial charge in [-0.25, -0.2) is 0 Å². The molecule has 3 rings (SSSR count). The zero-order valence-corrected chi connectivity index (χ0v) is 12.0. The Kier molecular flexibility index (Phi) is 4.30. The third-order valence-corrected chi connectivity index (χ3v) is 3.70. The molecule has 0 amide bonds. The van der Waals surface area contributed by atoms with Crippen LogP contribution >= 0.6 is 12.4 Å². The number of benzene rings is 2. The Labute approximate surface area is 127 Å². The smallest absolute Gasteiger partial charge is 0.324 e. The van der Waals surface area contributed by atoms with Gasteiger partial charge in [0, 0.05) is 6.04 Å². The summed E-state index contributed by atoms with van der Waals surface area (Å²) in [5, 5.41) is 0. The lowest BCUT2D eigenvalue weighted by molar-refractivity contribution is -0.138. The van der Waals surface area contributed by atoms with Gasteiger partial charge in [0.05, 0.1) is 6.42 Å². The first-order valence-corrected chi connectivity index (χ1v) is 6.47. The normalized spacial score (nSPS) is 14.1. The second-order valence-electron chi connectivity index (χ2n) is 5.18. The average molecular weight is 314 g/mol. The van der Waals surface area contributed by atoms with Gasteiger partial charge >= 0.3 is 6.18 Å². The van der Waals surface area contributed by atoms with Crippen LogP contribution < -0.4 is 5.73 Å². The van der Waals surface area contributed by atoms with Crippen molar-refractivity contribution in [2.24, 2.45) is 5.73 Å². The third kappa shape index (κ3) is 3.22. The van der Waals surface area contributed by atoms with Crippen molar-refractivity contribution in [1.29, 1.82) is 0 Å². The number of hydrogen-bond donors (Lipinski definition) is 1. The van der Waals surface area contributed by atoms with E-state index in [9.17, 15) is 13.2 Å². The summed E-state index contributed by atoms with van der Waals surface area (Å²) < 4.78 is 37.2. The summed E-state index contributed by atoms with van der Waals surface area (Å²) >= 11 is 0. The van der Waals surface area contributed by atoms with Crippen molar-refractivity contribution in [3.63, 3.8) is 0 Å². The summed E-state index contributed by atoms with van der Waals surface area (Å²) in [5.74, 6) is 0. The summed E-state index contributed by atoms with van der Waals surface area (Å²) in [7, 11) is 0. The third-order valence-electron chi connectivity index (χ3n) is 3.70. The topological polar surface area (TPSA) is 26.0 Å². The molecule has 1 atom stereocenters. The molecule has 5 heteroatoms. The second kappa shape index (κ2) is 5.70. The van der Waals surface area contributed by atoms with Crippen LogP contribution in [-0.4, -0.2) is 6.18 Å². The predicted molar refractivity (Wildman–Crippen MR) is 79.5 cm³/mol.